The first-order valence-corrected chi connectivity index (χ1v) is 11.7. The minimum absolute atomic E-state index is 0.187. The largest absolute Gasteiger partial charge is 0.348 e. The van der Waals surface area contributed by atoms with Gasteiger partial charge in [-0.3, -0.25) is 9.48 Å². The molecule has 156 valence electrons. The second-order valence-corrected chi connectivity index (χ2v) is 9.98. The molecule has 1 saturated carbocycles. The van der Waals surface area contributed by atoms with E-state index in [-0.39, 0.29) is 28.6 Å². The molecule has 2 aliphatic rings. The molecule has 1 atom stereocenters. The van der Waals surface area contributed by atoms with E-state index in [1.54, 1.807) is 29.1 Å². The molecule has 1 N–H and O–H groups in total. The van der Waals surface area contributed by atoms with E-state index in [1.165, 1.54) is 10.4 Å². The Kier molecular flexibility index (Phi) is 5.89. The van der Waals surface area contributed by atoms with Crippen molar-refractivity contribution in [2.45, 2.75) is 62.0 Å². The Balaban J connectivity index is 1.45. The fraction of sp³-hybridized carbons (Fsp3) is 0.526. The number of hydrogen-bond acceptors (Lipinski definition) is 5. The second kappa shape index (κ2) is 8.41. The first-order chi connectivity index (χ1) is 13.9. The molecule has 10 heteroatoms. The van der Waals surface area contributed by atoms with Crippen molar-refractivity contribution >= 4 is 27.5 Å². The highest BCUT2D eigenvalue weighted by Crippen LogP contribution is 2.28. The molecule has 2 aromatic rings. The lowest BCUT2D eigenvalue weighted by atomic mass is 10.2. The van der Waals surface area contributed by atoms with Crippen molar-refractivity contribution in [3.63, 3.8) is 0 Å². The van der Waals surface area contributed by atoms with Gasteiger partial charge in [0, 0.05) is 23.7 Å². The maximum atomic E-state index is 13.1. The highest BCUT2D eigenvalue weighted by molar-refractivity contribution is 7.89. The summed E-state index contributed by atoms with van der Waals surface area (Å²) in [5, 5.41) is 11.4. The Morgan fingerprint density at radius 1 is 1.21 bits per heavy atom. The highest BCUT2D eigenvalue weighted by Gasteiger charge is 2.36. The molecular formula is C19H24ClN5O3S. The Bertz CT molecular complexity index is 987. The zero-order valence-corrected chi connectivity index (χ0v) is 17.6. The van der Waals surface area contributed by atoms with E-state index in [1.807, 2.05) is 0 Å². The molecule has 1 aliphatic heterocycles. The van der Waals surface area contributed by atoms with Crippen molar-refractivity contribution in [2.24, 2.45) is 0 Å². The maximum Gasteiger partial charge on any atom is 0.273 e. The number of amides is 1. The standard InChI is InChI=1S/C19H24ClN5O3S/c20-14-5-3-9-17(11-14)29(27,28)25-10-4-8-16(25)12-24-13-18(22-23-24)19(26)21-15-6-1-2-7-15/h3,5,9,11,13,15-16H,1-2,4,6-8,10,12H2,(H,21,26). The van der Waals surface area contributed by atoms with Gasteiger partial charge in [0.15, 0.2) is 5.69 Å². The average molecular weight is 438 g/mol. The summed E-state index contributed by atoms with van der Waals surface area (Å²) in [4.78, 5) is 12.5. The van der Waals surface area contributed by atoms with Gasteiger partial charge in [-0.15, -0.1) is 5.10 Å². The number of hydrogen-bond donors (Lipinski definition) is 1. The molecule has 4 rings (SSSR count). The van der Waals surface area contributed by atoms with E-state index in [9.17, 15) is 13.2 Å². The third-order valence-electron chi connectivity index (χ3n) is 5.59. The van der Waals surface area contributed by atoms with Crippen molar-refractivity contribution in [1.29, 1.82) is 0 Å². The summed E-state index contributed by atoms with van der Waals surface area (Å²) < 4.78 is 29.2. The summed E-state index contributed by atoms with van der Waals surface area (Å²) in [7, 11) is -3.65. The molecule has 8 nitrogen and oxygen atoms in total. The van der Waals surface area contributed by atoms with E-state index < -0.39 is 10.0 Å². The molecule has 0 bridgehead atoms. The predicted octanol–water partition coefficient (Wildman–Crippen LogP) is 2.46. The van der Waals surface area contributed by atoms with Crippen molar-refractivity contribution in [2.75, 3.05) is 6.54 Å². The number of nitrogens with one attached hydrogen (secondary N) is 1. The summed E-state index contributed by atoms with van der Waals surface area (Å²) in [5.74, 6) is -0.224. The number of sulfonamides is 1. The summed E-state index contributed by atoms with van der Waals surface area (Å²) in [6.07, 6.45) is 7.35. The lowest BCUT2D eigenvalue weighted by molar-refractivity contribution is 0.0932. The molecule has 1 aromatic carbocycles. The zero-order chi connectivity index (χ0) is 20.4. The van der Waals surface area contributed by atoms with Crippen LogP contribution in [-0.2, 0) is 16.6 Å². The summed E-state index contributed by atoms with van der Waals surface area (Å²) in [6.45, 7) is 0.798. The molecule has 1 aromatic heterocycles. The van der Waals surface area contributed by atoms with Gasteiger partial charge in [-0.25, -0.2) is 8.42 Å². The second-order valence-electron chi connectivity index (χ2n) is 7.65. The Hall–Kier alpha value is -1.97. The minimum Gasteiger partial charge on any atom is -0.348 e. The normalized spacial score (nSPS) is 20.9. The van der Waals surface area contributed by atoms with E-state index in [2.05, 4.69) is 15.6 Å². The Labute approximate surface area is 175 Å². The number of halogens is 1. The number of carbonyl (C=O) groups is 1. The predicted molar refractivity (Wildman–Crippen MR) is 108 cm³/mol. The summed E-state index contributed by atoms with van der Waals surface area (Å²) >= 11 is 5.97. The first kappa shape index (κ1) is 20.3. The number of benzene rings is 1. The van der Waals surface area contributed by atoms with Crippen LogP contribution in [0, 0.1) is 0 Å². The topological polar surface area (TPSA) is 97.2 Å². The van der Waals surface area contributed by atoms with Crippen LogP contribution in [-0.4, -0.2) is 52.3 Å². The van der Waals surface area contributed by atoms with E-state index in [4.69, 9.17) is 11.6 Å². The molecule has 29 heavy (non-hydrogen) atoms. The van der Waals surface area contributed by atoms with Crippen molar-refractivity contribution in [1.82, 2.24) is 24.6 Å². The van der Waals surface area contributed by atoms with Gasteiger partial charge in [0.2, 0.25) is 10.0 Å². The molecule has 0 spiro atoms. The van der Waals surface area contributed by atoms with Crippen molar-refractivity contribution in [3.05, 3.63) is 41.2 Å². The van der Waals surface area contributed by atoms with Gasteiger partial charge in [-0.05, 0) is 43.9 Å². The van der Waals surface area contributed by atoms with Crippen LogP contribution in [0.25, 0.3) is 0 Å². The first-order valence-electron chi connectivity index (χ1n) is 9.92. The number of nitrogens with zero attached hydrogens (tertiary/aromatic N) is 4. The molecule has 2 heterocycles. The van der Waals surface area contributed by atoms with E-state index in [0.29, 0.717) is 18.1 Å². The molecule has 1 unspecified atom stereocenters. The van der Waals surface area contributed by atoms with Crippen LogP contribution in [0.2, 0.25) is 5.02 Å². The minimum atomic E-state index is -3.65. The summed E-state index contributed by atoms with van der Waals surface area (Å²) in [5.41, 5.74) is 0.263. The number of carbonyl (C=O) groups excluding carboxylic acids is 1. The number of aromatic nitrogens is 3. The van der Waals surface area contributed by atoms with Crippen LogP contribution in [0.4, 0.5) is 0 Å². The SMILES string of the molecule is O=C(NC1CCCC1)c1cn(CC2CCCN2S(=O)(=O)c2cccc(Cl)c2)nn1. The van der Waals surface area contributed by atoms with Gasteiger partial charge in [-0.2, -0.15) is 4.31 Å². The lowest BCUT2D eigenvalue weighted by Crippen LogP contribution is -2.38. The average Bonchev–Trinajstić information content (AvgIpc) is 3.44. The van der Waals surface area contributed by atoms with Crippen LogP contribution in [0.3, 0.4) is 0 Å². The maximum absolute atomic E-state index is 13.1. The lowest BCUT2D eigenvalue weighted by Gasteiger charge is -2.24. The molecule has 2 fully saturated rings. The molecule has 1 aliphatic carbocycles. The fourth-order valence-corrected chi connectivity index (χ4v) is 6.09. The third-order valence-corrected chi connectivity index (χ3v) is 7.77. The quantitative estimate of drug-likeness (QED) is 0.748. The third kappa shape index (κ3) is 4.46. The van der Waals surface area contributed by atoms with Crippen LogP contribution in [0.15, 0.2) is 35.4 Å². The van der Waals surface area contributed by atoms with E-state index >= 15 is 0 Å². The Morgan fingerprint density at radius 3 is 2.76 bits per heavy atom. The van der Waals surface area contributed by atoms with Gasteiger partial charge in [0.1, 0.15) is 0 Å². The van der Waals surface area contributed by atoms with Gasteiger partial charge in [0.05, 0.1) is 17.6 Å². The van der Waals surface area contributed by atoms with Crippen LogP contribution in [0.1, 0.15) is 49.0 Å². The Morgan fingerprint density at radius 2 is 2.00 bits per heavy atom. The van der Waals surface area contributed by atoms with Crippen LogP contribution in [0.5, 0.6) is 0 Å². The van der Waals surface area contributed by atoms with Crippen LogP contribution < -0.4 is 5.32 Å². The monoisotopic (exact) mass is 437 g/mol. The van der Waals surface area contributed by atoms with Crippen molar-refractivity contribution < 1.29 is 13.2 Å². The fourth-order valence-electron chi connectivity index (χ4n) is 4.11. The van der Waals surface area contributed by atoms with Gasteiger partial charge < -0.3 is 5.32 Å². The summed E-state index contributed by atoms with van der Waals surface area (Å²) in [6, 6.07) is 6.26. The molecule has 0 radical (unpaired) electrons. The van der Waals surface area contributed by atoms with Gasteiger partial charge in [0.25, 0.3) is 5.91 Å². The molecular weight excluding hydrogens is 414 g/mol. The van der Waals surface area contributed by atoms with Crippen LogP contribution >= 0.6 is 11.6 Å². The van der Waals surface area contributed by atoms with Gasteiger partial charge >= 0.3 is 0 Å². The van der Waals surface area contributed by atoms with E-state index in [0.717, 1.165) is 38.5 Å². The molecule has 1 saturated heterocycles. The molecule has 1 amide bonds. The zero-order valence-electron chi connectivity index (χ0n) is 16.0. The van der Waals surface area contributed by atoms with Crippen molar-refractivity contribution in [3.8, 4) is 0 Å². The highest BCUT2D eigenvalue weighted by atomic mass is 35.5. The smallest absolute Gasteiger partial charge is 0.273 e. The van der Waals surface area contributed by atoms with Gasteiger partial charge in [-0.1, -0.05) is 35.7 Å². The number of rotatable bonds is 6.